The molecule has 3 aliphatic rings. The number of ketones is 1. The number of aliphatic hydroxyl groups excluding tert-OH is 5. The topological polar surface area (TPSA) is 225 Å². The van der Waals surface area contributed by atoms with Gasteiger partial charge in [-0.05, 0) is 17.7 Å². The van der Waals surface area contributed by atoms with Crippen LogP contribution >= 0.6 is 0 Å². The molecular formula is C26H30O14. The van der Waals surface area contributed by atoms with E-state index in [0.717, 1.165) is 6.07 Å². The molecular weight excluding hydrogens is 536 g/mol. The van der Waals surface area contributed by atoms with E-state index in [1.54, 1.807) is 12.1 Å². The summed E-state index contributed by atoms with van der Waals surface area (Å²) in [5.41, 5.74) is -1.38. The first-order chi connectivity index (χ1) is 19.0. The Labute approximate surface area is 227 Å². The predicted octanol–water partition coefficient (Wildman–Crippen LogP) is -1.55. The quantitative estimate of drug-likeness (QED) is 0.190. The monoisotopic (exact) mass is 566 g/mol. The van der Waals surface area contributed by atoms with Crippen molar-refractivity contribution in [3.63, 3.8) is 0 Å². The first kappa shape index (κ1) is 28.5. The number of fused-ring (bicyclic) bond motifs is 1. The zero-order chi connectivity index (χ0) is 28.8. The molecule has 3 heterocycles. The van der Waals surface area contributed by atoms with Gasteiger partial charge in [-0.2, -0.15) is 0 Å². The second kappa shape index (κ2) is 11.1. The van der Waals surface area contributed by atoms with Gasteiger partial charge in [0.2, 0.25) is 6.29 Å². The summed E-state index contributed by atoms with van der Waals surface area (Å²) in [6, 6.07) is 8.50. The third-order valence-electron chi connectivity index (χ3n) is 7.16. The van der Waals surface area contributed by atoms with Crippen LogP contribution in [0.5, 0.6) is 23.0 Å². The van der Waals surface area contributed by atoms with E-state index in [4.69, 9.17) is 23.7 Å². The number of aliphatic hydroxyl groups is 6. The number of ether oxygens (including phenoxy) is 5. The van der Waals surface area contributed by atoms with Crippen molar-refractivity contribution in [3.8, 4) is 23.0 Å². The van der Waals surface area contributed by atoms with E-state index in [1.165, 1.54) is 18.2 Å². The van der Waals surface area contributed by atoms with Crippen molar-refractivity contribution in [2.75, 3.05) is 19.8 Å². The smallest absolute Gasteiger partial charge is 0.229 e. The SMILES string of the molecule is O=C1C[C@H](c2ccc(O)cc2)Oc2cc(O[C@H]3O[C@@H](CO[C@H]4OC[C@@](O)(CO)[C@@H]4O)[C@H](O)[C@@H](O)[C@@H]3O)cc(O)c21. The minimum absolute atomic E-state index is 0.00108. The number of aromatic hydroxyl groups is 2. The first-order valence-electron chi connectivity index (χ1n) is 12.5. The average molecular weight is 567 g/mol. The Morgan fingerprint density at radius 2 is 1.70 bits per heavy atom. The van der Waals surface area contributed by atoms with Crippen molar-refractivity contribution in [2.45, 2.75) is 61.2 Å². The van der Waals surface area contributed by atoms with Crippen LogP contribution < -0.4 is 9.47 Å². The number of hydrogen-bond donors (Lipinski definition) is 8. The minimum atomic E-state index is -1.93. The van der Waals surface area contributed by atoms with Crippen LogP contribution in [0.3, 0.4) is 0 Å². The van der Waals surface area contributed by atoms with Crippen molar-refractivity contribution in [1.82, 2.24) is 0 Å². The molecule has 14 nitrogen and oxygen atoms in total. The van der Waals surface area contributed by atoms with Crippen LogP contribution in [0, 0.1) is 0 Å². The van der Waals surface area contributed by atoms with Crippen LogP contribution in [-0.2, 0) is 14.2 Å². The fourth-order valence-corrected chi connectivity index (χ4v) is 4.77. The minimum Gasteiger partial charge on any atom is -0.508 e. The molecule has 2 aromatic carbocycles. The highest BCUT2D eigenvalue weighted by atomic mass is 16.7. The second-order valence-electron chi connectivity index (χ2n) is 9.99. The van der Waals surface area contributed by atoms with Crippen molar-refractivity contribution < 1.29 is 69.3 Å². The molecule has 9 atom stereocenters. The van der Waals surface area contributed by atoms with E-state index in [9.17, 15) is 45.6 Å². The molecule has 0 aliphatic carbocycles. The maximum absolute atomic E-state index is 12.8. The first-order valence-corrected chi connectivity index (χ1v) is 12.5. The van der Waals surface area contributed by atoms with Crippen LogP contribution in [-0.4, -0.2) is 115 Å². The second-order valence-corrected chi connectivity index (χ2v) is 9.99. The van der Waals surface area contributed by atoms with Gasteiger partial charge in [0.1, 0.15) is 70.8 Å². The number of hydrogen-bond acceptors (Lipinski definition) is 14. The number of carbonyl (C=O) groups is 1. The molecule has 218 valence electrons. The number of carbonyl (C=O) groups excluding carboxylic acids is 1. The largest absolute Gasteiger partial charge is 0.508 e. The Morgan fingerprint density at radius 3 is 2.38 bits per heavy atom. The molecule has 0 aromatic heterocycles. The summed E-state index contributed by atoms with van der Waals surface area (Å²) in [5.74, 6) is -0.891. The predicted molar refractivity (Wildman–Crippen MR) is 130 cm³/mol. The number of benzene rings is 2. The zero-order valence-corrected chi connectivity index (χ0v) is 20.9. The van der Waals surface area contributed by atoms with E-state index in [-0.39, 0.29) is 29.2 Å². The molecule has 0 amide bonds. The van der Waals surface area contributed by atoms with Gasteiger partial charge in [0, 0.05) is 12.1 Å². The lowest BCUT2D eigenvalue weighted by Crippen LogP contribution is -2.60. The van der Waals surface area contributed by atoms with Gasteiger partial charge in [0.25, 0.3) is 0 Å². The van der Waals surface area contributed by atoms with Gasteiger partial charge >= 0.3 is 0 Å². The molecule has 2 fully saturated rings. The highest BCUT2D eigenvalue weighted by Gasteiger charge is 2.50. The van der Waals surface area contributed by atoms with Gasteiger partial charge in [0.15, 0.2) is 12.1 Å². The molecule has 2 aromatic rings. The van der Waals surface area contributed by atoms with E-state index in [0.29, 0.717) is 5.56 Å². The van der Waals surface area contributed by atoms with Crippen molar-refractivity contribution in [2.24, 2.45) is 0 Å². The van der Waals surface area contributed by atoms with E-state index in [1.807, 2.05) is 0 Å². The highest BCUT2D eigenvalue weighted by molar-refractivity contribution is 6.02. The van der Waals surface area contributed by atoms with E-state index >= 15 is 0 Å². The normalized spacial score (nSPS) is 35.7. The standard InChI is InChI=1S/C26H30O14/c27-9-26(35)10-37-25(23(26)34)36-8-18-20(31)21(32)22(33)24(40-18)38-13-5-14(29)19-15(30)7-16(39-17(19)6-13)11-1-3-12(28)4-2-11/h1-6,16,18,20-25,27-29,31-35H,7-10H2/t16-,18+,20+,21-,22+,23-,24+,25+,26+/m1/s1. The molecule has 14 heteroatoms. The highest BCUT2D eigenvalue weighted by Crippen LogP contribution is 2.42. The summed E-state index contributed by atoms with van der Waals surface area (Å²) in [6.45, 7) is -1.66. The molecule has 2 saturated heterocycles. The van der Waals surface area contributed by atoms with Crippen LogP contribution in [0.25, 0.3) is 0 Å². The third kappa shape index (κ3) is 5.33. The van der Waals surface area contributed by atoms with E-state index in [2.05, 4.69) is 0 Å². The lowest BCUT2D eigenvalue weighted by Gasteiger charge is -2.40. The zero-order valence-electron chi connectivity index (χ0n) is 20.9. The molecule has 5 rings (SSSR count). The number of rotatable bonds is 7. The Balaban J connectivity index is 1.30. The summed E-state index contributed by atoms with van der Waals surface area (Å²) >= 11 is 0. The van der Waals surface area contributed by atoms with E-state index < -0.39 is 86.2 Å². The van der Waals surface area contributed by atoms with Crippen LogP contribution in [0.2, 0.25) is 0 Å². The Kier molecular flexibility index (Phi) is 7.89. The lowest BCUT2D eigenvalue weighted by atomic mass is 9.95. The maximum Gasteiger partial charge on any atom is 0.229 e. The molecule has 0 saturated carbocycles. The third-order valence-corrected chi connectivity index (χ3v) is 7.16. The van der Waals surface area contributed by atoms with Crippen molar-refractivity contribution in [3.05, 3.63) is 47.5 Å². The molecule has 8 N–H and O–H groups in total. The number of phenolic OH excluding ortho intramolecular Hbond substituents is 2. The number of phenols is 2. The maximum atomic E-state index is 12.8. The average Bonchev–Trinajstić information content (AvgIpc) is 3.21. The fourth-order valence-electron chi connectivity index (χ4n) is 4.77. The summed E-state index contributed by atoms with van der Waals surface area (Å²) < 4.78 is 27.7. The van der Waals surface area contributed by atoms with Crippen LogP contribution in [0.4, 0.5) is 0 Å². The molecule has 0 bridgehead atoms. The van der Waals surface area contributed by atoms with Crippen LogP contribution in [0.1, 0.15) is 28.4 Å². The lowest BCUT2D eigenvalue weighted by molar-refractivity contribution is -0.289. The van der Waals surface area contributed by atoms with Gasteiger partial charge in [-0.25, -0.2) is 0 Å². The Morgan fingerprint density at radius 1 is 0.975 bits per heavy atom. The molecule has 0 unspecified atom stereocenters. The Hall–Kier alpha value is -3.05. The summed E-state index contributed by atoms with van der Waals surface area (Å²) in [5, 5.41) is 80.8. The van der Waals surface area contributed by atoms with Crippen molar-refractivity contribution >= 4 is 5.78 Å². The summed E-state index contributed by atoms with van der Waals surface area (Å²) in [7, 11) is 0. The van der Waals surface area contributed by atoms with Gasteiger partial charge in [-0.1, -0.05) is 12.1 Å². The summed E-state index contributed by atoms with van der Waals surface area (Å²) in [6.07, 6.45) is -11.8. The van der Waals surface area contributed by atoms with Gasteiger partial charge in [-0.3, -0.25) is 4.79 Å². The van der Waals surface area contributed by atoms with Crippen molar-refractivity contribution in [1.29, 1.82) is 0 Å². The summed E-state index contributed by atoms with van der Waals surface area (Å²) in [4.78, 5) is 12.8. The Bertz CT molecular complexity index is 1220. The molecule has 0 radical (unpaired) electrons. The van der Waals surface area contributed by atoms with Gasteiger partial charge in [0.05, 0.1) is 26.2 Å². The fraction of sp³-hybridized carbons (Fsp3) is 0.500. The molecule has 3 aliphatic heterocycles. The molecule has 0 spiro atoms. The number of Topliss-reactive ketones (excluding diaryl/α,β-unsaturated/α-hetero) is 1. The van der Waals surface area contributed by atoms with Gasteiger partial charge < -0.3 is 64.5 Å². The molecule has 40 heavy (non-hydrogen) atoms. The van der Waals surface area contributed by atoms with Crippen LogP contribution in [0.15, 0.2) is 36.4 Å². The van der Waals surface area contributed by atoms with Gasteiger partial charge in [-0.15, -0.1) is 0 Å².